The number of rotatable bonds is 5. The molecule has 1 N–H and O–H groups in total. The van der Waals surface area contributed by atoms with Crippen molar-refractivity contribution in [3.63, 3.8) is 0 Å². The lowest BCUT2D eigenvalue weighted by atomic mass is 10.2. The Morgan fingerprint density at radius 2 is 1.72 bits per heavy atom. The molecule has 3 aromatic carbocycles. The Bertz CT molecular complexity index is 884. The Morgan fingerprint density at radius 3 is 2.48 bits per heavy atom. The van der Waals surface area contributed by atoms with Gasteiger partial charge in [0.05, 0.1) is 10.6 Å². The zero-order valence-corrected chi connectivity index (χ0v) is 15.5. The lowest BCUT2D eigenvalue weighted by Crippen LogP contribution is -2.12. The number of thioether (sulfide) groups is 1. The molecule has 3 rings (SSSR count). The minimum absolute atomic E-state index is 0.258. The maximum atomic E-state index is 12.4. The number of carbonyl (C=O) groups excluding carboxylic acids is 1. The molecule has 0 aliphatic carbocycles. The van der Waals surface area contributed by atoms with Crippen molar-refractivity contribution >= 4 is 46.6 Å². The summed E-state index contributed by atoms with van der Waals surface area (Å²) in [6, 6.07) is 22.8. The van der Waals surface area contributed by atoms with Crippen molar-refractivity contribution < 1.29 is 4.79 Å². The monoisotopic (exact) mass is 387 g/mol. The van der Waals surface area contributed by atoms with Gasteiger partial charge in [-0.05, 0) is 42.0 Å². The molecule has 0 atom stereocenters. The van der Waals surface area contributed by atoms with E-state index in [2.05, 4.69) is 17.4 Å². The van der Waals surface area contributed by atoms with Crippen LogP contribution in [0.15, 0.2) is 77.7 Å². The van der Waals surface area contributed by atoms with Gasteiger partial charge >= 0.3 is 0 Å². The van der Waals surface area contributed by atoms with Crippen LogP contribution in [0, 0.1) is 0 Å². The summed E-state index contributed by atoms with van der Waals surface area (Å²) in [5.41, 5.74) is 2.39. The number of hydrogen-bond acceptors (Lipinski definition) is 2. The van der Waals surface area contributed by atoms with Crippen LogP contribution < -0.4 is 5.32 Å². The van der Waals surface area contributed by atoms with Crippen molar-refractivity contribution in [2.24, 2.45) is 0 Å². The first-order valence-electron chi connectivity index (χ1n) is 7.65. The smallest absolute Gasteiger partial charge is 0.257 e. The lowest BCUT2D eigenvalue weighted by Gasteiger charge is -2.09. The van der Waals surface area contributed by atoms with E-state index in [1.54, 1.807) is 30.0 Å². The molecule has 1 amide bonds. The van der Waals surface area contributed by atoms with Crippen LogP contribution in [-0.2, 0) is 5.75 Å². The number of nitrogens with one attached hydrogen (secondary N) is 1. The normalized spacial score (nSPS) is 10.5. The van der Waals surface area contributed by atoms with Crippen LogP contribution in [0.5, 0.6) is 0 Å². The number of hydrogen-bond donors (Lipinski definition) is 1. The molecule has 5 heteroatoms. The largest absolute Gasteiger partial charge is 0.322 e. The second-order valence-electron chi connectivity index (χ2n) is 5.38. The van der Waals surface area contributed by atoms with Gasteiger partial charge in [0.25, 0.3) is 5.91 Å². The molecule has 0 spiro atoms. The van der Waals surface area contributed by atoms with Gasteiger partial charge in [0, 0.05) is 21.4 Å². The molecule has 0 aliphatic rings. The van der Waals surface area contributed by atoms with Gasteiger partial charge in [-0.1, -0.05) is 59.6 Å². The highest BCUT2D eigenvalue weighted by molar-refractivity contribution is 7.98. The van der Waals surface area contributed by atoms with E-state index in [9.17, 15) is 4.79 Å². The van der Waals surface area contributed by atoms with Crippen LogP contribution >= 0.6 is 35.0 Å². The Hall–Kier alpha value is -1.94. The second kappa shape index (κ2) is 8.43. The highest BCUT2D eigenvalue weighted by Gasteiger charge is 2.11. The summed E-state index contributed by atoms with van der Waals surface area (Å²) in [6.45, 7) is 0. The number of benzene rings is 3. The third kappa shape index (κ3) is 5.02. The molecule has 0 saturated heterocycles. The van der Waals surface area contributed by atoms with Gasteiger partial charge in [0.15, 0.2) is 0 Å². The molecule has 0 aromatic heterocycles. The van der Waals surface area contributed by atoms with Crippen molar-refractivity contribution in [2.75, 3.05) is 5.32 Å². The number of halogens is 2. The Balaban J connectivity index is 1.68. The van der Waals surface area contributed by atoms with Crippen LogP contribution in [-0.4, -0.2) is 5.91 Å². The van der Waals surface area contributed by atoms with Gasteiger partial charge in [-0.15, -0.1) is 11.8 Å². The van der Waals surface area contributed by atoms with Crippen molar-refractivity contribution in [1.29, 1.82) is 0 Å². The second-order valence-corrected chi connectivity index (χ2v) is 7.27. The fraction of sp³-hybridized carbons (Fsp3) is 0.0500. The molecule has 25 heavy (non-hydrogen) atoms. The molecular weight excluding hydrogens is 373 g/mol. The molecule has 0 bridgehead atoms. The number of anilines is 1. The third-order valence-electron chi connectivity index (χ3n) is 3.52. The summed E-state index contributed by atoms with van der Waals surface area (Å²) >= 11 is 13.7. The molecule has 0 heterocycles. The molecule has 2 nitrogen and oxygen atoms in total. The van der Waals surface area contributed by atoms with Crippen LogP contribution in [0.25, 0.3) is 0 Å². The average Bonchev–Trinajstić information content (AvgIpc) is 2.61. The minimum Gasteiger partial charge on any atom is -0.322 e. The zero-order valence-electron chi connectivity index (χ0n) is 13.2. The summed E-state index contributed by atoms with van der Waals surface area (Å²) in [5.74, 6) is 0.619. The van der Waals surface area contributed by atoms with Gasteiger partial charge < -0.3 is 5.32 Å². The minimum atomic E-state index is -0.258. The van der Waals surface area contributed by atoms with Crippen LogP contribution in [0.2, 0.25) is 10.0 Å². The molecule has 3 aromatic rings. The fourth-order valence-electron chi connectivity index (χ4n) is 2.28. The van der Waals surface area contributed by atoms with Gasteiger partial charge in [-0.2, -0.15) is 0 Å². The maximum absolute atomic E-state index is 12.4. The van der Waals surface area contributed by atoms with E-state index in [1.807, 2.05) is 42.5 Å². The summed E-state index contributed by atoms with van der Waals surface area (Å²) in [6.07, 6.45) is 0. The maximum Gasteiger partial charge on any atom is 0.257 e. The molecule has 0 unspecified atom stereocenters. The fourth-order valence-corrected chi connectivity index (χ4v) is 3.68. The number of amides is 1. The quantitative estimate of drug-likeness (QED) is 0.503. The van der Waals surface area contributed by atoms with Crippen LogP contribution in [0.4, 0.5) is 5.69 Å². The predicted molar refractivity (Wildman–Crippen MR) is 107 cm³/mol. The molecule has 0 aliphatic heterocycles. The summed E-state index contributed by atoms with van der Waals surface area (Å²) in [4.78, 5) is 13.5. The van der Waals surface area contributed by atoms with Crippen LogP contribution in [0.3, 0.4) is 0 Å². The molecule has 126 valence electrons. The first kappa shape index (κ1) is 17.9. The highest BCUT2D eigenvalue weighted by atomic mass is 35.5. The van der Waals surface area contributed by atoms with E-state index >= 15 is 0 Å². The third-order valence-corrected chi connectivity index (χ3v) is 5.13. The van der Waals surface area contributed by atoms with E-state index < -0.39 is 0 Å². The zero-order chi connectivity index (χ0) is 17.6. The first-order chi connectivity index (χ1) is 12.1. The van der Waals surface area contributed by atoms with E-state index in [0.29, 0.717) is 15.6 Å². The predicted octanol–water partition coefficient (Wildman–Crippen LogP) is 6.54. The Morgan fingerprint density at radius 1 is 0.920 bits per heavy atom. The molecule has 0 saturated carbocycles. The van der Waals surface area contributed by atoms with E-state index in [4.69, 9.17) is 23.2 Å². The lowest BCUT2D eigenvalue weighted by molar-refractivity contribution is 0.102. The van der Waals surface area contributed by atoms with Crippen molar-refractivity contribution in [2.45, 2.75) is 10.6 Å². The molecule has 0 fully saturated rings. The van der Waals surface area contributed by atoms with Gasteiger partial charge in [-0.25, -0.2) is 0 Å². The van der Waals surface area contributed by atoms with Crippen molar-refractivity contribution in [1.82, 2.24) is 0 Å². The van der Waals surface area contributed by atoms with Gasteiger partial charge in [-0.3, -0.25) is 4.79 Å². The summed E-state index contributed by atoms with van der Waals surface area (Å²) in [5, 5.41) is 3.71. The average molecular weight is 388 g/mol. The molecular formula is C20H15Cl2NOS. The summed E-state index contributed by atoms with van der Waals surface area (Å²) in [7, 11) is 0. The van der Waals surface area contributed by atoms with E-state index in [1.165, 1.54) is 5.56 Å². The SMILES string of the molecule is O=C(Nc1cccc(SCc2ccccc2)c1)c1ccc(Cl)cc1Cl. The van der Waals surface area contributed by atoms with E-state index in [0.717, 1.165) is 16.3 Å². The Labute approximate surface area is 161 Å². The van der Waals surface area contributed by atoms with E-state index in [-0.39, 0.29) is 5.91 Å². The Kier molecular flexibility index (Phi) is 6.03. The first-order valence-corrected chi connectivity index (χ1v) is 9.39. The topological polar surface area (TPSA) is 29.1 Å². The standard InChI is InChI=1S/C20H15Cl2NOS/c21-15-9-10-18(19(22)11-15)20(24)23-16-7-4-8-17(12-16)25-13-14-5-2-1-3-6-14/h1-12H,13H2,(H,23,24). The van der Waals surface area contributed by atoms with Crippen molar-refractivity contribution in [3.05, 3.63) is 94.0 Å². The van der Waals surface area contributed by atoms with Crippen LogP contribution in [0.1, 0.15) is 15.9 Å². The van der Waals surface area contributed by atoms with Crippen molar-refractivity contribution in [3.8, 4) is 0 Å². The summed E-state index contributed by atoms with van der Waals surface area (Å²) < 4.78 is 0. The van der Waals surface area contributed by atoms with Gasteiger partial charge in [0.1, 0.15) is 0 Å². The van der Waals surface area contributed by atoms with Gasteiger partial charge in [0.2, 0.25) is 0 Å². The molecule has 0 radical (unpaired) electrons. The number of carbonyl (C=O) groups is 1. The highest BCUT2D eigenvalue weighted by Crippen LogP contribution is 2.26.